The van der Waals surface area contributed by atoms with E-state index < -0.39 is 20.0 Å². The third kappa shape index (κ3) is 4.24. The standard InChI is InChI=1S/C17H26N2O4S2/c1-13-3-4-14(2)17(11-13)24(20,21)18-12-15-7-9-19(10-8-15)25(22,23)16-5-6-16/h3-4,11,15-16,18H,5-10,12H2,1-2H3. The van der Waals surface area contributed by atoms with Crippen LogP contribution in [0.15, 0.2) is 23.1 Å². The molecule has 1 heterocycles. The molecular weight excluding hydrogens is 360 g/mol. The average Bonchev–Trinajstić information content (AvgIpc) is 3.41. The quantitative estimate of drug-likeness (QED) is 0.808. The van der Waals surface area contributed by atoms with Gasteiger partial charge >= 0.3 is 0 Å². The maximum atomic E-state index is 12.6. The average molecular weight is 387 g/mol. The molecule has 1 aromatic carbocycles. The number of nitrogens with zero attached hydrogens (tertiary/aromatic N) is 1. The minimum atomic E-state index is -3.54. The van der Waals surface area contributed by atoms with Crippen LogP contribution >= 0.6 is 0 Å². The van der Waals surface area contributed by atoms with E-state index in [0.29, 0.717) is 37.4 Å². The van der Waals surface area contributed by atoms with Crippen molar-refractivity contribution in [2.75, 3.05) is 19.6 Å². The monoisotopic (exact) mass is 386 g/mol. The summed E-state index contributed by atoms with van der Waals surface area (Å²) in [7, 11) is -6.65. The Labute approximate surface area is 150 Å². The zero-order valence-electron chi connectivity index (χ0n) is 14.7. The smallest absolute Gasteiger partial charge is 0.212 e. The summed E-state index contributed by atoms with van der Waals surface area (Å²) in [5, 5.41) is -0.174. The van der Waals surface area contributed by atoms with E-state index in [4.69, 9.17) is 0 Å². The highest BCUT2D eigenvalue weighted by molar-refractivity contribution is 7.90. The van der Waals surface area contributed by atoms with Crippen LogP contribution in [-0.2, 0) is 20.0 Å². The maximum Gasteiger partial charge on any atom is 0.240 e. The highest BCUT2D eigenvalue weighted by Crippen LogP contribution is 2.33. The zero-order valence-corrected chi connectivity index (χ0v) is 16.4. The number of piperidine rings is 1. The minimum Gasteiger partial charge on any atom is -0.212 e. The Hall–Kier alpha value is -0.960. The van der Waals surface area contributed by atoms with Crippen LogP contribution in [0.25, 0.3) is 0 Å². The molecule has 1 aromatic rings. The molecule has 0 unspecified atom stereocenters. The highest BCUT2D eigenvalue weighted by Gasteiger charge is 2.41. The Bertz CT molecular complexity index is 837. The van der Waals surface area contributed by atoms with Crippen LogP contribution in [0.4, 0.5) is 0 Å². The lowest BCUT2D eigenvalue weighted by atomic mass is 9.99. The van der Waals surface area contributed by atoms with Crippen LogP contribution in [0.5, 0.6) is 0 Å². The summed E-state index contributed by atoms with van der Waals surface area (Å²) in [6, 6.07) is 5.39. The van der Waals surface area contributed by atoms with E-state index in [2.05, 4.69) is 4.72 Å². The minimum absolute atomic E-state index is 0.172. The van der Waals surface area contributed by atoms with Gasteiger partial charge in [0.1, 0.15) is 0 Å². The van der Waals surface area contributed by atoms with Gasteiger partial charge in [-0.1, -0.05) is 12.1 Å². The Morgan fingerprint density at radius 1 is 1.04 bits per heavy atom. The fraction of sp³-hybridized carbons (Fsp3) is 0.647. The van der Waals surface area contributed by atoms with Crippen molar-refractivity contribution in [3.63, 3.8) is 0 Å². The van der Waals surface area contributed by atoms with Gasteiger partial charge < -0.3 is 0 Å². The van der Waals surface area contributed by atoms with Gasteiger partial charge in [0.2, 0.25) is 20.0 Å². The fourth-order valence-corrected chi connectivity index (χ4v) is 6.56. The second-order valence-electron chi connectivity index (χ2n) is 7.21. The van der Waals surface area contributed by atoms with Crippen LogP contribution in [0.1, 0.15) is 36.8 Å². The molecule has 0 aromatic heterocycles. The fourth-order valence-electron chi connectivity index (χ4n) is 3.25. The lowest BCUT2D eigenvalue weighted by Crippen LogP contribution is -2.42. The van der Waals surface area contributed by atoms with Gasteiger partial charge in [-0.3, -0.25) is 0 Å². The predicted octanol–water partition coefficient (Wildman–Crippen LogP) is 1.79. The normalized spacial score (nSPS) is 20.7. The van der Waals surface area contributed by atoms with Crippen molar-refractivity contribution in [2.24, 2.45) is 5.92 Å². The van der Waals surface area contributed by atoms with Crippen molar-refractivity contribution in [3.05, 3.63) is 29.3 Å². The van der Waals surface area contributed by atoms with Crippen LogP contribution in [0, 0.1) is 19.8 Å². The van der Waals surface area contributed by atoms with Crippen molar-refractivity contribution < 1.29 is 16.8 Å². The molecule has 8 heteroatoms. The Morgan fingerprint density at radius 3 is 2.28 bits per heavy atom. The number of benzene rings is 1. The largest absolute Gasteiger partial charge is 0.240 e. The first-order valence-corrected chi connectivity index (χ1v) is 11.7. The Kier molecular flexibility index (Phi) is 5.26. The Morgan fingerprint density at radius 2 is 1.68 bits per heavy atom. The van der Waals surface area contributed by atoms with Crippen molar-refractivity contribution in [1.82, 2.24) is 9.03 Å². The topological polar surface area (TPSA) is 83.6 Å². The molecule has 3 rings (SSSR count). The van der Waals surface area contributed by atoms with Crippen LogP contribution in [0.2, 0.25) is 0 Å². The number of aryl methyl sites for hydroxylation is 2. The second kappa shape index (κ2) is 6.98. The molecule has 6 nitrogen and oxygen atoms in total. The summed E-state index contributed by atoms with van der Waals surface area (Å²) >= 11 is 0. The van der Waals surface area contributed by atoms with E-state index in [1.165, 1.54) is 0 Å². The number of nitrogens with one attached hydrogen (secondary N) is 1. The molecule has 1 aliphatic heterocycles. The molecule has 0 radical (unpaired) electrons. The molecule has 0 spiro atoms. The molecule has 0 atom stereocenters. The van der Waals surface area contributed by atoms with E-state index in [-0.39, 0.29) is 11.2 Å². The molecular formula is C17H26N2O4S2. The van der Waals surface area contributed by atoms with Crippen molar-refractivity contribution >= 4 is 20.0 Å². The van der Waals surface area contributed by atoms with Gasteiger partial charge in [0.25, 0.3) is 0 Å². The van der Waals surface area contributed by atoms with Gasteiger partial charge in [-0.05, 0) is 62.6 Å². The molecule has 1 aliphatic carbocycles. The summed E-state index contributed by atoms with van der Waals surface area (Å²) < 4.78 is 53.9. The number of rotatable bonds is 6. The summed E-state index contributed by atoms with van der Waals surface area (Å²) in [4.78, 5) is 0.321. The molecule has 0 bridgehead atoms. The van der Waals surface area contributed by atoms with Crippen molar-refractivity contribution in [3.8, 4) is 0 Å². The number of hydrogen-bond donors (Lipinski definition) is 1. The van der Waals surface area contributed by atoms with Gasteiger partial charge in [-0.25, -0.2) is 25.9 Å². The predicted molar refractivity (Wildman–Crippen MR) is 97.3 cm³/mol. The molecule has 140 valence electrons. The summed E-state index contributed by atoms with van der Waals surface area (Å²) in [5.41, 5.74) is 1.63. The highest BCUT2D eigenvalue weighted by atomic mass is 32.2. The molecule has 0 amide bonds. The third-order valence-electron chi connectivity index (χ3n) is 5.07. The first-order chi connectivity index (χ1) is 11.7. The van der Waals surface area contributed by atoms with Gasteiger partial charge in [0.15, 0.2) is 0 Å². The van der Waals surface area contributed by atoms with E-state index in [0.717, 1.165) is 24.0 Å². The molecule has 1 saturated carbocycles. The van der Waals surface area contributed by atoms with Gasteiger partial charge in [-0.2, -0.15) is 0 Å². The summed E-state index contributed by atoms with van der Waals surface area (Å²) in [5.74, 6) is 0.172. The first-order valence-electron chi connectivity index (χ1n) is 8.76. The van der Waals surface area contributed by atoms with Crippen LogP contribution in [-0.4, -0.2) is 46.0 Å². The zero-order chi connectivity index (χ0) is 18.2. The van der Waals surface area contributed by atoms with Gasteiger partial charge in [-0.15, -0.1) is 0 Å². The lowest BCUT2D eigenvalue weighted by Gasteiger charge is -2.31. The van der Waals surface area contributed by atoms with E-state index in [1.807, 2.05) is 19.1 Å². The maximum absolute atomic E-state index is 12.6. The van der Waals surface area contributed by atoms with Crippen molar-refractivity contribution in [2.45, 2.75) is 49.7 Å². The van der Waals surface area contributed by atoms with Crippen LogP contribution < -0.4 is 4.72 Å². The molecule has 1 N–H and O–H groups in total. The van der Waals surface area contributed by atoms with E-state index in [9.17, 15) is 16.8 Å². The molecule has 2 aliphatic rings. The van der Waals surface area contributed by atoms with E-state index >= 15 is 0 Å². The molecule has 25 heavy (non-hydrogen) atoms. The van der Waals surface area contributed by atoms with E-state index in [1.54, 1.807) is 17.3 Å². The van der Waals surface area contributed by atoms with Crippen LogP contribution in [0.3, 0.4) is 0 Å². The number of hydrogen-bond acceptors (Lipinski definition) is 4. The SMILES string of the molecule is Cc1ccc(C)c(S(=O)(=O)NCC2CCN(S(=O)(=O)C3CC3)CC2)c1. The first kappa shape index (κ1) is 18.8. The number of sulfonamides is 2. The van der Waals surface area contributed by atoms with Crippen molar-refractivity contribution in [1.29, 1.82) is 0 Å². The second-order valence-corrected chi connectivity index (χ2v) is 11.2. The summed E-state index contributed by atoms with van der Waals surface area (Å²) in [6.07, 6.45) is 2.94. The third-order valence-corrected chi connectivity index (χ3v) is 9.04. The van der Waals surface area contributed by atoms with Gasteiger partial charge in [0, 0.05) is 19.6 Å². The Balaban J connectivity index is 1.57. The molecule has 1 saturated heterocycles. The summed E-state index contributed by atoms with van der Waals surface area (Å²) in [6.45, 7) is 5.00. The lowest BCUT2D eigenvalue weighted by molar-refractivity contribution is 0.274. The van der Waals surface area contributed by atoms with Gasteiger partial charge in [0.05, 0.1) is 10.1 Å². The molecule has 2 fully saturated rings.